The largest absolute Gasteiger partial charge is 0.480 e. The number of hydrogen-bond acceptors (Lipinski definition) is 3. The standard InChI is InChI=1S/C26H33NO4/c1-26(2,3)20-11-13-21(14-12-20)31-22-10-6-9-19(15-22)16-23(25(29)30)27-24(28)17-18-7-4-5-8-18/h6,9-15,18,23H,4-5,7-8,16-17H2,1-3H3,(H,27,28)(H,29,30). The number of carboxylic acids is 1. The summed E-state index contributed by atoms with van der Waals surface area (Å²) in [5.41, 5.74) is 2.11. The maximum atomic E-state index is 12.3. The summed E-state index contributed by atoms with van der Waals surface area (Å²) in [7, 11) is 0. The number of hydrogen-bond donors (Lipinski definition) is 2. The topological polar surface area (TPSA) is 75.6 Å². The quantitative estimate of drug-likeness (QED) is 0.590. The second kappa shape index (κ2) is 9.99. The molecule has 0 spiro atoms. The van der Waals surface area contributed by atoms with Crippen molar-refractivity contribution in [3.8, 4) is 11.5 Å². The van der Waals surface area contributed by atoms with Crippen LogP contribution >= 0.6 is 0 Å². The van der Waals surface area contributed by atoms with Gasteiger partial charge in [0.05, 0.1) is 0 Å². The average Bonchev–Trinajstić information content (AvgIpc) is 3.20. The summed E-state index contributed by atoms with van der Waals surface area (Å²) in [6, 6.07) is 14.4. The third-order valence-electron chi connectivity index (χ3n) is 5.88. The lowest BCUT2D eigenvalue weighted by Gasteiger charge is -2.19. The number of carbonyl (C=O) groups is 2. The Balaban J connectivity index is 1.62. The molecular weight excluding hydrogens is 390 g/mol. The highest BCUT2D eigenvalue weighted by atomic mass is 16.5. The third kappa shape index (κ3) is 6.84. The van der Waals surface area contributed by atoms with E-state index in [2.05, 4.69) is 38.2 Å². The number of amides is 1. The van der Waals surface area contributed by atoms with Crippen LogP contribution in [0.3, 0.4) is 0 Å². The van der Waals surface area contributed by atoms with Gasteiger partial charge in [0, 0.05) is 12.8 Å². The molecule has 1 aliphatic carbocycles. The summed E-state index contributed by atoms with van der Waals surface area (Å²) in [5, 5.41) is 12.3. The molecule has 2 aromatic rings. The van der Waals surface area contributed by atoms with Crippen LogP contribution in [-0.4, -0.2) is 23.0 Å². The molecule has 0 radical (unpaired) electrons. The zero-order valence-electron chi connectivity index (χ0n) is 18.7. The Bertz CT molecular complexity index is 892. The van der Waals surface area contributed by atoms with Gasteiger partial charge in [0.15, 0.2) is 0 Å². The van der Waals surface area contributed by atoms with E-state index in [1.54, 1.807) is 0 Å². The molecule has 1 amide bonds. The molecule has 0 aliphatic heterocycles. The monoisotopic (exact) mass is 423 g/mol. The van der Waals surface area contributed by atoms with Gasteiger partial charge in [-0.15, -0.1) is 0 Å². The Morgan fingerprint density at radius 1 is 1.06 bits per heavy atom. The molecule has 31 heavy (non-hydrogen) atoms. The summed E-state index contributed by atoms with van der Waals surface area (Å²) in [6.45, 7) is 6.49. The van der Waals surface area contributed by atoms with Gasteiger partial charge in [-0.3, -0.25) is 4.79 Å². The van der Waals surface area contributed by atoms with E-state index in [4.69, 9.17) is 4.74 Å². The second-order valence-corrected chi connectivity index (χ2v) is 9.54. The number of carboxylic acid groups (broad SMARTS) is 1. The summed E-state index contributed by atoms with van der Waals surface area (Å²) in [6.07, 6.45) is 5.06. The summed E-state index contributed by atoms with van der Waals surface area (Å²) in [5.74, 6) is 0.553. The minimum atomic E-state index is -1.02. The van der Waals surface area contributed by atoms with E-state index in [0.717, 1.165) is 37.0 Å². The molecule has 3 rings (SSSR count). The Hall–Kier alpha value is -2.82. The molecule has 5 nitrogen and oxygen atoms in total. The molecule has 1 unspecified atom stereocenters. The maximum absolute atomic E-state index is 12.3. The predicted octanol–water partition coefficient (Wildman–Crippen LogP) is 5.47. The molecule has 0 saturated heterocycles. The van der Waals surface area contributed by atoms with E-state index in [0.29, 0.717) is 18.1 Å². The van der Waals surface area contributed by atoms with Gasteiger partial charge in [0.1, 0.15) is 17.5 Å². The second-order valence-electron chi connectivity index (χ2n) is 9.54. The molecule has 0 bridgehead atoms. The van der Waals surface area contributed by atoms with Crippen molar-refractivity contribution in [3.63, 3.8) is 0 Å². The minimum Gasteiger partial charge on any atom is -0.480 e. The number of rotatable bonds is 8. The molecule has 166 valence electrons. The Kier molecular flexibility index (Phi) is 7.37. The van der Waals surface area contributed by atoms with E-state index in [1.165, 1.54) is 5.56 Å². The van der Waals surface area contributed by atoms with Crippen molar-refractivity contribution in [2.24, 2.45) is 5.92 Å². The van der Waals surface area contributed by atoms with Crippen LogP contribution in [0.4, 0.5) is 0 Å². The van der Waals surface area contributed by atoms with E-state index in [-0.39, 0.29) is 17.7 Å². The first kappa shape index (κ1) is 22.9. The first-order valence-electron chi connectivity index (χ1n) is 11.1. The Morgan fingerprint density at radius 2 is 1.74 bits per heavy atom. The smallest absolute Gasteiger partial charge is 0.326 e. The predicted molar refractivity (Wildman–Crippen MR) is 122 cm³/mol. The van der Waals surface area contributed by atoms with Crippen molar-refractivity contribution in [2.75, 3.05) is 0 Å². The summed E-state index contributed by atoms with van der Waals surface area (Å²) < 4.78 is 5.96. The van der Waals surface area contributed by atoms with Gasteiger partial charge in [0.2, 0.25) is 5.91 Å². The molecule has 2 aromatic carbocycles. The highest BCUT2D eigenvalue weighted by molar-refractivity contribution is 5.83. The van der Waals surface area contributed by atoms with Crippen LogP contribution in [-0.2, 0) is 21.4 Å². The molecule has 1 aliphatic rings. The normalized spacial score (nSPS) is 15.5. The van der Waals surface area contributed by atoms with Crippen LogP contribution in [0.5, 0.6) is 11.5 Å². The van der Waals surface area contributed by atoms with Crippen LogP contribution in [0.2, 0.25) is 0 Å². The molecule has 1 atom stereocenters. The summed E-state index contributed by atoms with van der Waals surface area (Å²) >= 11 is 0. The van der Waals surface area contributed by atoms with Crippen molar-refractivity contribution in [2.45, 2.75) is 70.8 Å². The first-order valence-corrected chi connectivity index (χ1v) is 11.1. The summed E-state index contributed by atoms with van der Waals surface area (Å²) in [4.78, 5) is 24.0. The zero-order valence-corrected chi connectivity index (χ0v) is 18.7. The minimum absolute atomic E-state index is 0.0759. The fourth-order valence-corrected chi connectivity index (χ4v) is 4.06. The van der Waals surface area contributed by atoms with Gasteiger partial charge in [-0.25, -0.2) is 4.79 Å². The van der Waals surface area contributed by atoms with Crippen molar-refractivity contribution in [3.05, 3.63) is 59.7 Å². The molecule has 0 heterocycles. The average molecular weight is 424 g/mol. The van der Waals surface area contributed by atoms with Gasteiger partial charge >= 0.3 is 5.97 Å². The molecule has 1 fully saturated rings. The fourth-order valence-electron chi connectivity index (χ4n) is 4.06. The van der Waals surface area contributed by atoms with Crippen molar-refractivity contribution in [1.82, 2.24) is 5.32 Å². The van der Waals surface area contributed by atoms with Gasteiger partial charge in [0.25, 0.3) is 0 Å². The third-order valence-corrected chi connectivity index (χ3v) is 5.88. The van der Waals surface area contributed by atoms with Crippen LogP contribution in [0.15, 0.2) is 48.5 Å². The van der Waals surface area contributed by atoms with Crippen LogP contribution in [0, 0.1) is 5.92 Å². The van der Waals surface area contributed by atoms with E-state index in [9.17, 15) is 14.7 Å². The number of benzene rings is 2. The molecule has 2 N–H and O–H groups in total. The van der Waals surface area contributed by atoms with E-state index in [1.807, 2.05) is 36.4 Å². The lowest BCUT2D eigenvalue weighted by atomic mass is 9.87. The number of aliphatic carboxylic acids is 1. The molecule has 1 saturated carbocycles. The lowest BCUT2D eigenvalue weighted by Crippen LogP contribution is -2.42. The number of nitrogens with one attached hydrogen (secondary N) is 1. The fraction of sp³-hybridized carbons (Fsp3) is 0.462. The zero-order chi connectivity index (χ0) is 22.4. The van der Waals surface area contributed by atoms with Gasteiger partial charge in [-0.05, 0) is 59.6 Å². The van der Waals surface area contributed by atoms with Crippen molar-refractivity contribution < 1.29 is 19.4 Å². The Morgan fingerprint density at radius 3 is 2.35 bits per heavy atom. The van der Waals surface area contributed by atoms with Crippen LogP contribution in [0.1, 0.15) is 64.0 Å². The van der Waals surface area contributed by atoms with Crippen molar-refractivity contribution in [1.29, 1.82) is 0 Å². The number of ether oxygens (including phenoxy) is 1. The molecule has 0 aromatic heterocycles. The highest BCUT2D eigenvalue weighted by Gasteiger charge is 2.24. The maximum Gasteiger partial charge on any atom is 0.326 e. The Labute approximate surface area is 184 Å². The van der Waals surface area contributed by atoms with Gasteiger partial charge in [-0.1, -0.05) is 57.9 Å². The van der Waals surface area contributed by atoms with Gasteiger partial charge in [-0.2, -0.15) is 0 Å². The SMILES string of the molecule is CC(C)(C)c1ccc(Oc2cccc(CC(NC(=O)CC3CCCC3)C(=O)O)c2)cc1. The van der Waals surface area contributed by atoms with Crippen LogP contribution < -0.4 is 10.1 Å². The van der Waals surface area contributed by atoms with Crippen molar-refractivity contribution >= 4 is 11.9 Å². The first-order chi connectivity index (χ1) is 14.7. The number of carbonyl (C=O) groups excluding carboxylic acids is 1. The molecule has 5 heteroatoms. The lowest BCUT2D eigenvalue weighted by molar-refractivity contribution is -0.141. The van der Waals surface area contributed by atoms with E-state index < -0.39 is 12.0 Å². The van der Waals surface area contributed by atoms with Gasteiger partial charge < -0.3 is 15.2 Å². The van der Waals surface area contributed by atoms with E-state index >= 15 is 0 Å². The highest BCUT2D eigenvalue weighted by Crippen LogP contribution is 2.28. The van der Waals surface area contributed by atoms with Crippen LogP contribution in [0.25, 0.3) is 0 Å². The molecular formula is C26H33NO4.